The second-order valence-electron chi connectivity index (χ2n) is 6.64. The van der Waals surface area contributed by atoms with Gasteiger partial charge in [-0.15, -0.1) is 11.8 Å². The number of amides is 1. The van der Waals surface area contributed by atoms with Crippen LogP contribution in [-0.2, 0) is 15.3 Å². The van der Waals surface area contributed by atoms with E-state index in [0.29, 0.717) is 18.5 Å². The molecule has 1 aliphatic heterocycles. The van der Waals surface area contributed by atoms with E-state index in [-0.39, 0.29) is 11.2 Å². The van der Waals surface area contributed by atoms with Crippen LogP contribution in [0.25, 0.3) is 0 Å². The van der Waals surface area contributed by atoms with Crippen LogP contribution in [0.1, 0.15) is 26.3 Å². The maximum atomic E-state index is 12.4. The third-order valence-electron chi connectivity index (χ3n) is 4.48. The third-order valence-corrected chi connectivity index (χ3v) is 5.70. The summed E-state index contributed by atoms with van der Waals surface area (Å²) in [6.07, 6.45) is 0. The van der Waals surface area contributed by atoms with Crippen LogP contribution >= 0.6 is 11.8 Å². The zero-order valence-corrected chi connectivity index (χ0v) is 15.8. The molecule has 5 heteroatoms. The molecule has 1 aliphatic rings. The monoisotopic (exact) mass is 350 g/mol. The van der Waals surface area contributed by atoms with Crippen molar-refractivity contribution in [1.82, 2.24) is 10.2 Å². The lowest BCUT2D eigenvalue weighted by Gasteiger charge is -2.37. The first-order chi connectivity index (χ1) is 11.6. The van der Waals surface area contributed by atoms with Gasteiger partial charge in [-0.1, -0.05) is 44.2 Å². The van der Waals surface area contributed by atoms with Crippen molar-refractivity contribution in [3.63, 3.8) is 0 Å². The van der Waals surface area contributed by atoms with Crippen molar-refractivity contribution >= 4 is 17.7 Å². The number of thioether (sulfide) groups is 1. The van der Waals surface area contributed by atoms with Crippen LogP contribution in [0.2, 0.25) is 0 Å². The molecule has 1 amide bonds. The molecule has 1 aromatic rings. The van der Waals surface area contributed by atoms with Gasteiger partial charge in [-0.25, -0.2) is 0 Å². The number of hydrogen-bond acceptors (Lipinski definition) is 4. The van der Waals surface area contributed by atoms with Crippen LogP contribution in [0.4, 0.5) is 0 Å². The Morgan fingerprint density at radius 2 is 1.88 bits per heavy atom. The van der Waals surface area contributed by atoms with Gasteiger partial charge < -0.3 is 10.1 Å². The van der Waals surface area contributed by atoms with Gasteiger partial charge in [0.1, 0.15) is 0 Å². The number of carbonyl (C=O) groups is 1. The first-order valence-electron chi connectivity index (χ1n) is 8.83. The van der Waals surface area contributed by atoms with E-state index < -0.39 is 0 Å². The quantitative estimate of drug-likeness (QED) is 0.783. The summed E-state index contributed by atoms with van der Waals surface area (Å²) in [5.74, 6) is 1.51. The zero-order chi connectivity index (χ0) is 17.4. The molecule has 0 saturated carbocycles. The average Bonchev–Trinajstić information content (AvgIpc) is 2.61. The van der Waals surface area contributed by atoms with Gasteiger partial charge in [-0.2, -0.15) is 0 Å². The van der Waals surface area contributed by atoms with Crippen LogP contribution in [0.5, 0.6) is 0 Å². The molecule has 1 fully saturated rings. The first-order valence-corrected chi connectivity index (χ1v) is 9.88. The topological polar surface area (TPSA) is 41.6 Å². The van der Waals surface area contributed by atoms with Gasteiger partial charge in [-0.3, -0.25) is 9.69 Å². The van der Waals surface area contributed by atoms with Crippen LogP contribution in [-0.4, -0.2) is 54.9 Å². The molecule has 0 aromatic heterocycles. The molecule has 2 rings (SSSR count). The summed E-state index contributed by atoms with van der Waals surface area (Å²) in [6.45, 7) is 10.6. The maximum absolute atomic E-state index is 12.4. The highest BCUT2D eigenvalue weighted by Gasteiger charge is 2.25. The Bertz CT molecular complexity index is 489. The van der Waals surface area contributed by atoms with Gasteiger partial charge in [0.15, 0.2) is 0 Å². The van der Waals surface area contributed by atoms with Gasteiger partial charge in [0.2, 0.25) is 5.91 Å². The Kier molecular flexibility index (Phi) is 8.09. The van der Waals surface area contributed by atoms with E-state index >= 15 is 0 Å². The van der Waals surface area contributed by atoms with Gasteiger partial charge >= 0.3 is 0 Å². The van der Waals surface area contributed by atoms with Crippen molar-refractivity contribution in [1.29, 1.82) is 0 Å². The summed E-state index contributed by atoms with van der Waals surface area (Å²) >= 11 is 1.69. The highest BCUT2D eigenvalue weighted by Crippen LogP contribution is 2.18. The summed E-state index contributed by atoms with van der Waals surface area (Å²) < 4.78 is 5.44. The lowest BCUT2D eigenvalue weighted by Crippen LogP contribution is -2.51. The number of morpholine rings is 1. The normalized spacial score (nSPS) is 18.3. The number of nitrogens with one attached hydrogen (secondary N) is 1. The highest BCUT2D eigenvalue weighted by molar-refractivity contribution is 7.99. The van der Waals surface area contributed by atoms with Crippen LogP contribution < -0.4 is 5.32 Å². The fraction of sp³-hybridized carbons (Fsp3) is 0.632. The maximum Gasteiger partial charge on any atom is 0.232 e. The zero-order valence-electron chi connectivity index (χ0n) is 15.0. The highest BCUT2D eigenvalue weighted by atomic mass is 32.2. The van der Waals surface area contributed by atoms with E-state index in [1.54, 1.807) is 11.8 Å². The summed E-state index contributed by atoms with van der Waals surface area (Å²) in [7, 11) is 0. The van der Waals surface area contributed by atoms with E-state index in [9.17, 15) is 4.79 Å². The number of rotatable bonds is 8. The van der Waals surface area contributed by atoms with Crippen molar-refractivity contribution in [2.45, 2.75) is 37.8 Å². The summed E-state index contributed by atoms with van der Waals surface area (Å²) in [5, 5.41) is 3.12. The van der Waals surface area contributed by atoms with E-state index in [1.807, 2.05) is 25.1 Å². The van der Waals surface area contributed by atoms with Crippen molar-refractivity contribution in [3.05, 3.63) is 35.9 Å². The van der Waals surface area contributed by atoms with Crippen LogP contribution in [0.3, 0.4) is 0 Å². The van der Waals surface area contributed by atoms with Gasteiger partial charge in [0.25, 0.3) is 0 Å². The first kappa shape index (κ1) is 19.3. The van der Waals surface area contributed by atoms with Crippen LogP contribution in [0.15, 0.2) is 30.3 Å². The van der Waals surface area contributed by atoms with Crippen molar-refractivity contribution < 1.29 is 9.53 Å². The van der Waals surface area contributed by atoms with E-state index in [4.69, 9.17) is 4.74 Å². The average molecular weight is 351 g/mol. The number of ether oxygens (including phenoxy) is 1. The lowest BCUT2D eigenvalue weighted by molar-refractivity contribution is -0.120. The molecule has 2 unspecified atom stereocenters. The number of benzene rings is 1. The molecule has 24 heavy (non-hydrogen) atoms. The Morgan fingerprint density at radius 1 is 1.21 bits per heavy atom. The fourth-order valence-corrected chi connectivity index (χ4v) is 3.79. The minimum Gasteiger partial charge on any atom is -0.379 e. The number of nitrogens with zero attached hydrogens (tertiary/aromatic N) is 1. The number of carbonyl (C=O) groups excluding carboxylic acids is 1. The van der Waals surface area contributed by atoms with E-state index in [0.717, 1.165) is 32.1 Å². The summed E-state index contributed by atoms with van der Waals surface area (Å²) in [4.78, 5) is 14.8. The molecule has 0 radical (unpaired) electrons. The predicted molar refractivity (Wildman–Crippen MR) is 101 cm³/mol. The second-order valence-corrected chi connectivity index (χ2v) is 7.97. The molecule has 0 bridgehead atoms. The largest absolute Gasteiger partial charge is 0.379 e. The fourth-order valence-electron chi connectivity index (χ4n) is 2.92. The van der Waals surface area contributed by atoms with Gasteiger partial charge in [0, 0.05) is 31.4 Å². The smallest absolute Gasteiger partial charge is 0.232 e. The molecule has 1 N–H and O–H groups in total. The molecular weight excluding hydrogens is 320 g/mol. The standard InChI is InChI=1S/C19H30N2O2S/c1-15(2)18(21-9-11-23-12-10-21)13-20-19(22)16(3)24-14-17-7-5-4-6-8-17/h4-8,15-16,18H,9-14H2,1-3H3,(H,20,22). The van der Waals surface area contributed by atoms with Crippen molar-refractivity contribution in [2.75, 3.05) is 32.8 Å². The summed E-state index contributed by atoms with van der Waals surface area (Å²) in [5.41, 5.74) is 1.26. The molecule has 1 aromatic carbocycles. The predicted octanol–water partition coefficient (Wildman–Crippen LogP) is 2.78. The lowest BCUT2D eigenvalue weighted by atomic mass is 10.0. The van der Waals surface area contributed by atoms with E-state index in [1.165, 1.54) is 5.56 Å². The van der Waals surface area contributed by atoms with Gasteiger partial charge in [0.05, 0.1) is 18.5 Å². The molecule has 4 nitrogen and oxygen atoms in total. The number of hydrogen-bond donors (Lipinski definition) is 1. The molecular formula is C19H30N2O2S. The Labute approximate surface area is 150 Å². The van der Waals surface area contributed by atoms with E-state index in [2.05, 4.69) is 36.2 Å². The van der Waals surface area contributed by atoms with Crippen LogP contribution in [0, 0.1) is 5.92 Å². The molecule has 134 valence electrons. The third kappa shape index (κ3) is 6.11. The second kappa shape index (κ2) is 10.1. The van der Waals surface area contributed by atoms with Crippen molar-refractivity contribution in [2.24, 2.45) is 5.92 Å². The summed E-state index contributed by atoms with van der Waals surface area (Å²) in [6, 6.07) is 10.7. The Hall–Kier alpha value is -1.04. The Balaban J connectivity index is 1.77. The molecule has 1 heterocycles. The molecule has 1 saturated heterocycles. The SMILES string of the molecule is CC(SCc1ccccc1)C(=O)NCC(C(C)C)N1CCOCC1. The molecule has 0 aliphatic carbocycles. The van der Waals surface area contributed by atoms with Gasteiger partial charge in [-0.05, 0) is 18.4 Å². The minimum absolute atomic E-state index is 0.0392. The Morgan fingerprint density at radius 3 is 2.50 bits per heavy atom. The minimum atomic E-state index is -0.0392. The molecule has 0 spiro atoms. The van der Waals surface area contributed by atoms with Crippen molar-refractivity contribution in [3.8, 4) is 0 Å². The molecule has 2 atom stereocenters.